The number of alkyl halides is 2. The fraction of sp³-hybridized carbons (Fsp3) is 1.00. The summed E-state index contributed by atoms with van der Waals surface area (Å²) in [6.07, 6.45) is -4.64. The van der Waals surface area contributed by atoms with Gasteiger partial charge in [0, 0.05) is 13.1 Å². The van der Waals surface area contributed by atoms with E-state index in [1.807, 2.05) is 0 Å². The topological polar surface area (TPSA) is 186 Å². The van der Waals surface area contributed by atoms with E-state index in [9.17, 15) is 17.2 Å². The molecule has 0 spiro atoms. The van der Waals surface area contributed by atoms with Crippen molar-refractivity contribution in [3.63, 3.8) is 0 Å². The van der Waals surface area contributed by atoms with Crippen LogP contribution in [0.15, 0.2) is 0 Å². The van der Waals surface area contributed by atoms with Crippen LogP contribution in [0.25, 0.3) is 0 Å². The number of hydrazine groups is 3. The molecule has 0 saturated carbocycles. The van der Waals surface area contributed by atoms with E-state index < -0.39 is 47.8 Å². The van der Waals surface area contributed by atoms with Gasteiger partial charge < -0.3 is 5.11 Å². The fourth-order valence-corrected chi connectivity index (χ4v) is 2.20. The van der Waals surface area contributed by atoms with Gasteiger partial charge in [0.2, 0.25) is 18.7 Å². The first-order valence-electron chi connectivity index (χ1n) is 6.02. The predicted molar refractivity (Wildman–Crippen MR) is 70.1 cm³/mol. The van der Waals surface area contributed by atoms with Crippen LogP contribution in [0.2, 0.25) is 0 Å². The number of aliphatic hydroxyl groups excluding tert-OH is 1. The Morgan fingerprint density at radius 1 is 1.09 bits per heavy atom. The molecule has 0 aromatic heterocycles. The monoisotopic (exact) mass is 350 g/mol. The number of nitrogens with two attached hydrogens (primary N) is 3. The number of rotatable bonds is 7. The molecule has 0 aromatic rings. The van der Waals surface area contributed by atoms with Crippen molar-refractivity contribution in [2.24, 2.45) is 17.5 Å². The molecule has 2 unspecified atom stereocenters. The first-order chi connectivity index (χ1) is 10.1. The summed E-state index contributed by atoms with van der Waals surface area (Å²) in [5.74, 6) is 13.3. The zero-order valence-electron chi connectivity index (χ0n) is 11.4. The number of nitrogens with one attached hydrogen (secondary N) is 2. The fourth-order valence-electron chi connectivity index (χ4n) is 1.84. The largest absolute Gasteiger partial charge is 0.395 e. The number of aliphatic hydroxyl groups is 1. The smallest absolute Gasteiger partial charge is 0.266 e. The van der Waals surface area contributed by atoms with Crippen LogP contribution in [0, 0.1) is 0 Å². The van der Waals surface area contributed by atoms with Crippen molar-refractivity contribution >= 4 is 10.1 Å². The van der Waals surface area contributed by atoms with Gasteiger partial charge in [-0.15, -0.1) is 0 Å². The number of halogens is 2. The molecule has 2 atom stereocenters. The minimum Gasteiger partial charge on any atom is -0.395 e. The number of hydrogen-bond acceptors (Lipinski definition) is 11. The summed E-state index contributed by atoms with van der Waals surface area (Å²) in [5, 5.41) is 14.5. The molecule has 15 heteroatoms. The lowest BCUT2D eigenvalue weighted by molar-refractivity contribution is -0.317. The maximum Gasteiger partial charge on any atom is 0.266 e. The SMILES string of the molecule is NN1C(F)N(N)C(NCCO)(NCCS(=O)(=O)O)N(N)C1F. The third-order valence-corrected chi connectivity index (χ3v) is 3.63. The van der Waals surface area contributed by atoms with Crippen LogP contribution in [0.1, 0.15) is 0 Å². The molecule has 10 N–H and O–H groups in total. The average molecular weight is 350 g/mol. The summed E-state index contributed by atoms with van der Waals surface area (Å²) in [5.41, 5.74) is 0. The summed E-state index contributed by atoms with van der Waals surface area (Å²) >= 11 is 0. The molecule has 1 saturated heterocycles. The van der Waals surface area contributed by atoms with Gasteiger partial charge in [0.1, 0.15) is 0 Å². The molecule has 1 aliphatic rings. The van der Waals surface area contributed by atoms with Gasteiger partial charge in [-0.05, 0) is 0 Å². The van der Waals surface area contributed by atoms with E-state index in [1.165, 1.54) is 0 Å². The molecule has 1 fully saturated rings. The van der Waals surface area contributed by atoms with E-state index in [0.29, 0.717) is 10.0 Å². The molecule has 1 heterocycles. The molecule has 132 valence electrons. The van der Waals surface area contributed by atoms with Crippen molar-refractivity contribution in [1.29, 1.82) is 0 Å². The summed E-state index contributed by atoms with van der Waals surface area (Å²) in [7, 11) is -4.33. The Labute approximate surface area is 125 Å². The lowest BCUT2D eigenvalue weighted by atomic mass is 10.4. The van der Waals surface area contributed by atoms with Crippen molar-refractivity contribution < 1.29 is 26.9 Å². The van der Waals surface area contributed by atoms with E-state index in [2.05, 4.69) is 10.6 Å². The molecular formula is C7H20F2N8O4S. The molecule has 0 bridgehead atoms. The van der Waals surface area contributed by atoms with E-state index in [0.717, 1.165) is 0 Å². The molecule has 0 radical (unpaired) electrons. The zero-order chi connectivity index (χ0) is 17.1. The molecular weight excluding hydrogens is 330 g/mol. The zero-order valence-corrected chi connectivity index (χ0v) is 12.2. The minimum atomic E-state index is -4.33. The predicted octanol–water partition coefficient (Wildman–Crippen LogP) is -4.30. The standard InChI is InChI=1S/C7H20F2N8O4S/c8-5-15(10)6(9)17(12)7(16(5)11,13-1-3-18)14-2-4-22(19,20)21/h5-6,13-14,18H,1-4,10-12H2,(H,19,20,21). The Balaban J connectivity index is 3.01. The van der Waals surface area contributed by atoms with Crippen LogP contribution in [0.3, 0.4) is 0 Å². The Bertz CT molecular complexity index is 453. The van der Waals surface area contributed by atoms with Crippen molar-refractivity contribution in [2.45, 2.75) is 18.7 Å². The van der Waals surface area contributed by atoms with E-state index in [4.69, 9.17) is 27.2 Å². The van der Waals surface area contributed by atoms with Gasteiger partial charge in [0.15, 0.2) is 0 Å². The number of nitrogens with zero attached hydrogens (tertiary/aromatic N) is 3. The van der Waals surface area contributed by atoms with Gasteiger partial charge in [0.25, 0.3) is 10.1 Å². The van der Waals surface area contributed by atoms with Crippen LogP contribution in [-0.2, 0) is 10.1 Å². The van der Waals surface area contributed by atoms with Gasteiger partial charge in [-0.3, -0.25) is 32.7 Å². The van der Waals surface area contributed by atoms with E-state index in [1.54, 1.807) is 0 Å². The third kappa shape index (κ3) is 4.03. The summed E-state index contributed by atoms with van der Waals surface area (Å²) in [6, 6.07) is 0. The molecule has 0 aromatic carbocycles. The second-order valence-electron chi connectivity index (χ2n) is 4.42. The lowest BCUT2D eigenvalue weighted by Gasteiger charge is -2.54. The van der Waals surface area contributed by atoms with Gasteiger partial charge in [-0.1, -0.05) is 0 Å². The highest BCUT2D eigenvalue weighted by Gasteiger charge is 2.54. The van der Waals surface area contributed by atoms with Crippen molar-refractivity contribution in [3.8, 4) is 0 Å². The Kier molecular flexibility index (Phi) is 6.47. The Morgan fingerprint density at radius 3 is 1.95 bits per heavy atom. The quantitative estimate of drug-likeness (QED) is 0.101. The van der Waals surface area contributed by atoms with E-state index >= 15 is 0 Å². The summed E-state index contributed by atoms with van der Waals surface area (Å²) in [6.45, 7) is -1.07. The van der Waals surface area contributed by atoms with Gasteiger partial charge in [-0.2, -0.15) is 23.4 Å². The Morgan fingerprint density at radius 2 is 1.55 bits per heavy atom. The maximum absolute atomic E-state index is 13.9. The normalized spacial score (nSPS) is 32.5. The lowest BCUT2D eigenvalue weighted by Crippen LogP contribution is -2.88. The van der Waals surface area contributed by atoms with E-state index in [-0.39, 0.29) is 11.6 Å². The molecule has 1 aliphatic heterocycles. The second-order valence-corrected chi connectivity index (χ2v) is 5.99. The first kappa shape index (κ1) is 19.5. The molecule has 1 rings (SSSR count). The number of hydrogen-bond donors (Lipinski definition) is 7. The molecule has 0 amide bonds. The van der Waals surface area contributed by atoms with Crippen LogP contribution in [0.4, 0.5) is 8.78 Å². The van der Waals surface area contributed by atoms with Crippen LogP contribution >= 0.6 is 0 Å². The highest BCUT2D eigenvalue weighted by atomic mass is 32.2. The summed E-state index contributed by atoms with van der Waals surface area (Å²) in [4.78, 5) is 0. The van der Waals surface area contributed by atoms with Crippen LogP contribution < -0.4 is 28.2 Å². The van der Waals surface area contributed by atoms with Gasteiger partial charge >= 0.3 is 0 Å². The average Bonchev–Trinajstić information content (AvgIpc) is 2.44. The summed E-state index contributed by atoms with van der Waals surface area (Å²) < 4.78 is 58.0. The molecule has 22 heavy (non-hydrogen) atoms. The van der Waals surface area contributed by atoms with Gasteiger partial charge in [-0.25, -0.2) is 8.78 Å². The minimum absolute atomic E-state index is 0.0866. The molecule has 0 aliphatic carbocycles. The Hall–Kier alpha value is -0.590. The van der Waals surface area contributed by atoms with Gasteiger partial charge in [0.05, 0.1) is 12.4 Å². The molecule has 12 nitrogen and oxygen atoms in total. The highest BCUT2D eigenvalue weighted by molar-refractivity contribution is 7.85. The third-order valence-electron chi connectivity index (χ3n) is 2.91. The highest BCUT2D eigenvalue weighted by Crippen LogP contribution is 2.24. The second kappa shape index (κ2) is 7.32. The maximum atomic E-state index is 13.9. The van der Waals surface area contributed by atoms with Crippen molar-refractivity contribution in [3.05, 3.63) is 0 Å². The van der Waals surface area contributed by atoms with Crippen LogP contribution in [0.5, 0.6) is 0 Å². The first-order valence-corrected chi connectivity index (χ1v) is 7.63. The van der Waals surface area contributed by atoms with Crippen molar-refractivity contribution in [1.82, 2.24) is 25.7 Å². The van der Waals surface area contributed by atoms with Crippen molar-refractivity contribution in [2.75, 3.05) is 25.4 Å². The van der Waals surface area contributed by atoms with Crippen LogP contribution in [-0.4, -0.2) is 77.3 Å².